The van der Waals surface area contributed by atoms with Crippen molar-refractivity contribution in [3.05, 3.63) is 0 Å². The zero-order valence-electron chi connectivity index (χ0n) is 10.8. The second-order valence-electron chi connectivity index (χ2n) is 4.82. The van der Waals surface area contributed by atoms with Gasteiger partial charge in [0, 0.05) is 19.7 Å². The summed E-state index contributed by atoms with van der Waals surface area (Å²) in [5.74, 6) is 0.292. The summed E-state index contributed by atoms with van der Waals surface area (Å²) in [7, 11) is 0. The fourth-order valence-electron chi connectivity index (χ4n) is 2.38. The normalized spacial score (nSPS) is 17.9. The number of aliphatic hydroxyl groups is 1. The van der Waals surface area contributed by atoms with Crippen LogP contribution in [0, 0.1) is 22.7 Å². The molecule has 0 aliphatic carbocycles. The summed E-state index contributed by atoms with van der Waals surface area (Å²) in [5.41, 5.74) is -0.841. The lowest BCUT2D eigenvalue weighted by Crippen LogP contribution is -2.46. The van der Waals surface area contributed by atoms with E-state index in [2.05, 4.69) is 6.07 Å². The maximum absolute atomic E-state index is 12.3. The van der Waals surface area contributed by atoms with E-state index in [1.165, 1.54) is 0 Å². The molecule has 1 heterocycles. The van der Waals surface area contributed by atoms with Gasteiger partial charge in [-0.15, -0.1) is 0 Å². The van der Waals surface area contributed by atoms with E-state index in [0.29, 0.717) is 31.8 Å². The number of likely N-dealkylation sites (tertiary alicyclic amines) is 1. The summed E-state index contributed by atoms with van der Waals surface area (Å²) in [4.78, 5) is 14.1. The van der Waals surface area contributed by atoms with E-state index < -0.39 is 5.41 Å². The smallest absolute Gasteiger partial charge is 0.243 e. The van der Waals surface area contributed by atoms with Gasteiger partial charge in [0.1, 0.15) is 5.41 Å². The monoisotopic (exact) mass is 238 g/mol. The molecule has 0 atom stereocenters. The van der Waals surface area contributed by atoms with E-state index in [4.69, 9.17) is 5.11 Å². The third-order valence-electron chi connectivity index (χ3n) is 3.99. The van der Waals surface area contributed by atoms with Crippen molar-refractivity contribution in [2.24, 2.45) is 11.3 Å². The number of carbonyl (C=O) groups excluding carboxylic acids is 1. The predicted octanol–water partition coefficient (Wildman–Crippen LogP) is 1.55. The van der Waals surface area contributed by atoms with Gasteiger partial charge in [-0.25, -0.2) is 0 Å². The SMILES string of the molecule is CCC(C#N)(CC)C(=O)N1CCC(CO)CC1. The van der Waals surface area contributed by atoms with Gasteiger partial charge in [0.25, 0.3) is 0 Å². The van der Waals surface area contributed by atoms with Crippen LogP contribution >= 0.6 is 0 Å². The Kier molecular flexibility index (Phi) is 4.95. The Morgan fingerprint density at radius 2 is 1.94 bits per heavy atom. The highest BCUT2D eigenvalue weighted by Gasteiger charge is 2.39. The van der Waals surface area contributed by atoms with Crippen molar-refractivity contribution in [2.75, 3.05) is 19.7 Å². The molecule has 0 aromatic carbocycles. The first-order chi connectivity index (χ1) is 8.13. The molecule has 0 unspecified atom stereocenters. The van der Waals surface area contributed by atoms with Gasteiger partial charge in [0.2, 0.25) is 5.91 Å². The molecule has 17 heavy (non-hydrogen) atoms. The molecule has 1 amide bonds. The average molecular weight is 238 g/mol. The number of nitriles is 1. The van der Waals surface area contributed by atoms with Gasteiger partial charge in [-0.3, -0.25) is 4.79 Å². The predicted molar refractivity (Wildman–Crippen MR) is 65.0 cm³/mol. The first-order valence-corrected chi connectivity index (χ1v) is 6.45. The van der Waals surface area contributed by atoms with E-state index in [-0.39, 0.29) is 12.5 Å². The Labute approximate surface area is 103 Å². The van der Waals surface area contributed by atoms with E-state index in [1.54, 1.807) is 4.90 Å². The summed E-state index contributed by atoms with van der Waals surface area (Å²) in [6.45, 7) is 5.34. The molecule has 96 valence electrons. The van der Waals surface area contributed by atoms with Crippen LogP contribution in [0.4, 0.5) is 0 Å². The van der Waals surface area contributed by atoms with Crippen LogP contribution in [0.15, 0.2) is 0 Å². The summed E-state index contributed by atoms with van der Waals surface area (Å²) in [5, 5.41) is 18.3. The van der Waals surface area contributed by atoms with Gasteiger partial charge in [-0.2, -0.15) is 5.26 Å². The van der Waals surface area contributed by atoms with Gasteiger partial charge >= 0.3 is 0 Å². The molecule has 4 heteroatoms. The van der Waals surface area contributed by atoms with E-state index >= 15 is 0 Å². The molecule has 1 rings (SSSR count). The lowest BCUT2D eigenvalue weighted by atomic mass is 9.81. The summed E-state index contributed by atoms with van der Waals surface area (Å²) in [6, 6.07) is 2.20. The van der Waals surface area contributed by atoms with Gasteiger partial charge < -0.3 is 10.0 Å². The molecule has 0 spiro atoms. The summed E-state index contributed by atoms with van der Waals surface area (Å²) in [6.07, 6.45) is 2.83. The molecule has 1 fully saturated rings. The van der Waals surface area contributed by atoms with Crippen LogP contribution in [0.1, 0.15) is 39.5 Å². The van der Waals surface area contributed by atoms with Crippen LogP contribution in [-0.4, -0.2) is 35.6 Å². The Hall–Kier alpha value is -1.08. The molecule has 4 nitrogen and oxygen atoms in total. The highest BCUT2D eigenvalue weighted by molar-refractivity contribution is 5.85. The lowest BCUT2D eigenvalue weighted by molar-refractivity contribution is -0.141. The zero-order valence-corrected chi connectivity index (χ0v) is 10.8. The number of rotatable bonds is 4. The van der Waals surface area contributed by atoms with Gasteiger partial charge in [0.05, 0.1) is 6.07 Å². The molecular formula is C13H22N2O2. The summed E-state index contributed by atoms with van der Waals surface area (Å²) >= 11 is 0. The standard InChI is InChI=1S/C13H22N2O2/c1-3-13(4-2,10-14)12(17)15-7-5-11(9-16)6-8-15/h11,16H,3-9H2,1-2H3. The van der Waals surface area contributed by atoms with Crippen molar-refractivity contribution in [3.8, 4) is 6.07 Å². The third-order valence-corrected chi connectivity index (χ3v) is 3.99. The first kappa shape index (κ1) is 14.0. The van der Waals surface area contributed by atoms with Crippen LogP contribution in [0.25, 0.3) is 0 Å². The second kappa shape index (κ2) is 6.02. The van der Waals surface area contributed by atoms with Crippen molar-refractivity contribution < 1.29 is 9.90 Å². The van der Waals surface area contributed by atoms with Gasteiger partial charge in [-0.05, 0) is 31.6 Å². The molecule has 1 saturated heterocycles. The maximum Gasteiger partial charge on any atom is 0.243 e. The highest BCUT2D eigenvalue weighted by Crippen LogP contribution is 2.30. The van der Waals surface area contributed by atoms with Crippen LogP contribution in [0.5, 0.6) is 0 Å². The molecular weight excluding hydrogens is 216 g/mol. The largest absolute Gasteiger partial charge is 0.396 e. The number of hydrogen-bond acceptors (Lipinski definition) is 3. The van der Waals surface area contributed by atoms with Crippen LogP contribution in [-0.2, 0) is 4.79 Å². The van der Waals surface area contributed by atoms with E-state index in [1.807, 2.05) is 13.8 Å². The molecule has 0 saturated carbocycles. The molecule has 0 bridgehead atoms. The molecule has 0 radical (unpaired) electrons. The third kappa shape index (κ3) is 2.78. The highest BCUT2D eigenvalue weighted by atomic mass is 16.3. The minimum atomic E-state index is -0.841. The number of aliphatic hydroxyl groups excluding tert-OH is 1. The number of carbonyl (C=O) groups is 1. The second-order valence-corrected chi connectivity index (χ2v) is 4.82. The number of nitrogens with zero attached hydrogens (tertiary/aromatic N) is 2. The Bertz CT molecular complexity index is 297. The Morgan fingerprint density at radius 1 is 1.41 bits per heavy atom. The first-order valence-electron chi connectivity index (χ1n) is 6.45. The quantitative estimate of drug-likeness (QED) is 0.808. The Balaban J connectivity index is 2.68. The zero-order chi connectivity index (χ0) is 12.9. The average Bonchev–Trinajstić information content (AvgIpc) is 2.41. The lowest BCUT2D eigenvalue weighted by Gasteiger charge is -2.36. The van der Waals surface area contributed by atoms with Crippen molar-refractivity contribution in [1.82, 2.24) is 4.90 Å². The van der Waals surface area contributed by atoms with Gasteiger partial charge in [0.15, 0.2) is 0 Å². The van der Waals surface area contributed by atoms with Crippen LogP contribution < -0.4 is 0 Å². The molecule has 1 N–H and O–H groups in total. The fourth-order valence-corrected chi connectivity index (χ4v) is 2.38. The number of piperidine rings is 1. The van der Waals surface area contributed by atoms with Crippen LogP contribution in [0.3, 0.4) is 0 Å². The summed E-state index contributed by atoms with van der Waals surface area (Å²) < 4.78 is 0. The minimum Gasteiger partial charge on any atom is -0.396 e. The fraction of sp³-hybridized carbons (Fsp3) is 0.846. The van der Waals surface area contributed by atoms with Crippen molar-refractivity contribution in [3.63, 3.8) is 0 Å². The molecule has 1 aliphatic heterocycles. The van der Waals surface area contributed by atoms with E-state index in [9.17, 15) is 10.1 Å². The van der Waals surface area contributed by atoms with Crippen LogP contribution in [0.2, 0.25) is 0 Å². The topological polar surface area (TPSA) is 64.3 Å². The molecule has 0 aromatic rings. The van der Waals surface area contributed by atoms with Gasteiger partial charge in [-0.1, -0.05) is 13.8 Å². The van der Waals surface area contributed by atoms with Crippen molar-refractivity contribution in [2.45, 2.75) is 39.5 Å². The Morgan fingerprint density at radius 3 is 2.29 bits per heavy atom. The molecule has 0 aromatic heterocycles. The van der Waals surface area contributed by atoms with Crippen molar-refractivity contribution in [1.29, 1.82) is 5.26 Å². The minimum absolute atomic E-state index is 0.0265. The number of hydrogen-bond donors (Lipinski definition) is 1. The maximum atomic E-state index is 12.3. The van der Waals surface area contributed by atoms with E-state index in [0.717, 1.165) is 12.8 Å². The van der Waals surface area contributed by atoms with Crippen molar-refractivity contribution >= 4 is 5.91 Å². The number of amides is 1. The molecule has 1 aliphatic rings.